The largest absolute Gasteiger partial charge is 0.280 e. The van der Waals surface area contributed by atoms with Gasteiger partial charge in [0.05, 0.1) is 0 Å². The number of hydrogen-bond donors (Lipinski definition) is 1. The van der Waals surface area contributed by atoms with Gasteiger partial charge in [-0.2, -0.15) is 17.4 Å². The van der Waals surface area contributed by atoms with Crippen LogP contribution < -0.4 is 4.72 Å². The van der Waals surface area contributed by atoms with Crippen molar-refractivity contribution in [3.8, 4) is 0 Å². The molecule has 0 amide bonds. The molecular weight excluding hydrogens is 236 g/mol. The highest BCUT2D eigenvalue weighted by Crippen LogP contribution is 2.24. The Morgan fingerprint density at radius 3 is 2.47 bits per heavy atom. The van der Waals surface area contributed by atoms with Crippen LogP contribution in [0.1, 0.15) is 31.9 Å². The van der Waals surface area contributed by atoms with Gasteiger partial charge in [0.15, 0.2) is 0 Å². The first-order chi connectivity index (χ1) is 8.00. The zero-order chi connectivity index (χ0) is 12.5. The molecule has 1 heterocycles. The monoisotopic (exact) mass is 254 g/mol. The molecule has 0 saturated carbocycles. The van der Waals surface area contributed by atoms with Crippen LogP contribution in [0.4, 0.5) is 0 Å². The van der Waals surface area contributed by atoms with Crippen LogP contribution in [-0.4, -0.2) is 25.3 Å². The maximum Gasteiger partial charge on any atom is 0.280 e. The molecule has 1 aliphatic heterocycles. The molecule has 1 fully saturated rings. The van der Waals surface area contributed by atoms with E-state index < -0.39 is 10.2 Å². The second kappa shape index (κ2) is 4.76. The van der Waals surface area contributed by atoms with Crippen LogP contribution in [0.2, 0.25) is 0 Å². The van der Waals surface area contributed by atoms with Crippen LogP contribution in [0.5, 0.6) is 0 Å². The van der Waals surface area contributed by atoms with Gasteiger partial charge in [-0.05, 0) is 25.8 Å². The zero-order valence-electron chi connectivity index (χ0n) is 10.1. The molecule has 1 aromatic carbocycles. The zero-order valence-corrected chi connectivity index (χ0v) is 10.9. The summed E-state index contributed by atoms with van der Waals surface area (Å²) in [5.41, 5.74) is 1.03. The summed E-state index contributed by atoms with van der Waals surface area (Å²) < 4.78 is 28.3. The van der Waals surface area contributed by atoms with Crippen LogP contribution in [0.15, 0.2) is 30.3 Å². The lowest BCUT2D eigenvalue weighted by Crippen LogP contribution is -2.51. The molecule has 2 rings (SSSR count). The summed E-state index contributed by atoms with van der Waals surface area (Å²) in [5, 5.41) is 0. The molecule has 0 spiro atoms. The van der Waals surface area contributed by atoms with Gasteiger partial charge in [-0.15, -0.1) is 0 Å². The van der Waals surface area contributed by atoms with Gasteiger partial charge in [0.2, 0.25) is 0 Å². The third kappa shape index (κ3) is 2.68. The van der Waals surface area contributed by atoms with Crippen molar-refractivity contribution in [1.29, 1.82) is 0 Å². The quantitative estimate of drug-likeness (QED) is 0.873. The van der Waals surface area contributed by atoms with Crippen molar-refractivity contribution in [2.75, 3.05) is 6.54 Å². The minimum atomic E-state index is -3.34. The summed E-state index contributed by atoms with van der Waals surface area (Å²) in [4.78, 5) is 0. The first-order valence-corrected chi connectivity index (χ1v) is 7.29. The number of benzene rings is 1. The molecule has 4 nitrogen and oxygen atoms in total. The molecule has 1 saturated heterocycles. The van der Waals surface area contributed by atoms with E-state index in [1.807, 2.05) is 44.2 Å². The van der Waals surface area contributed by atoms with Crippen molar-refractivity contribution in [3.05, 3.63) is 35.9 Å². The van der Waals surface area contributed by atoms with Gasteiger partial charge in [-0.1, -0.05) is 30.3 Å². The van der Waals surface area contributed by atoms with Gasteiger partial charge in [-0.3, -0.25) is 0 Å². The minimum Gasteiger partial charge on any atom is -0.195 e. The Hall–Kier alpha value is -0.910. The molecule has 0 bridgehead atoms. The van der Waals surface area contributed by atoms with Crippen LogP contribution in [0.25, 0.3) is 0 Å². The van der Waals surface area contributed by atoms with E-state index in [4.69, 9.17) is 0 Å². The highest BCUT2D eigenvalue weighted by molar-refractivity contribution is 7.87. The summed E-state index contributed by atoms with van der Waals surface area (Å²) in [6, 6.07) is 9.61. The summed E-state index contributed by atoms with van der Waals surface area (Å²) in [6.07, 6.45) is 0.807. The maximum atomic E-state index is 12.0. The van der Waals surface area contributed by atoms with Gasteiger partial charge >= 0.3 is 0 Å². The van der Waals surface area contributed by atoms with Gasteiger partial charge in [-0.25, -0.2) is 0 Å². The summed E-state index contributed by atoms with van der Waals surface area (Å²) in [7, 11) is -3.34. The van der Waals surface area contributed by atoms with E-state index >= 15 is 0 Å². The van der Waals surface area contributed by atoms with Crippen molar-refractivity contribution >= 4 is 10.2 Å². The molecule has 1 aromatic rings. The predicted molar refractivity (Wildman–Crippen MR) is 67.7 cm³/mol. The van der Waals surface area contributed by atoms with Crippen molar-refractivity contribution in [1.82, 2.24) is 9.03 Å². The lowest BCUT2D eigenvalue weighted by Gasteiger charge is -2.34. The normalized spacial score (nSPS) is 25.0. The second-order valence-electron chi connectivity index (χ2n) is 4.58. The summed E-state index contributed by atoms with van der Waals surface area (Å²) in [5.74, 6) is 0. The first-order valence-electron chi connectivity index (χ1n) is 5.85. The van der Waals surface area contributed by atoms with Gasteiger partial charge in [0.1, 0.15) is 0 Å². The number of hydrogen-bond acceptors (Lipinski definition) is 2. The standard InChI is InChI=1S/C12H18N2O2S/c1-10(2)14-9-8-12(13-17(14,15)16)11-6-4-3-5-7-11/h3-7,10,12-13H,8-9H2,1-2H3/t12-/m1/s1. The molecule has 1 N–H and O–H groups in total. The van der Waals surface area contributed by atoms with Gasteiger partial charge in [0.25, 0.3) is 10.2 Å². The lowest BCUT2D eigenvalue weighted by atomic mass is 10.0. The molecule has 0 radical (unpaired) electrons. The van der Waals surface area contributed by atoms with Crippen LogP contribution in [-0.2, 0) is 10.2 Å². The van der Waals surface area contributed by atoms with Crippen molar-refractivity contribution in [2.45, 2.75) is 32.4 Å². The molecule has 94 valence electrons. The molecule has 0 unspecified atom stereocenters. The van der Waals surface area contributed by atoms with Crippen molar-refractivity contribution in [3.63, 3.8) is 0 Å². The van der Waals surface area contributed by atoms with Crippen molar-refractivity contribution < 1.29 is 8.42 Å². The van der Waals surface area contributed by atoms with E-state index in [-0.39, 0.29) is 12.1 Å². The Bertz CT molecular complexity index is 471. The van der Waals surface area contributed by atoms with Gasteiger partial charge < -0.3 is 0 Å². The van der Waals surface area contributed by atoms with Crippen LogP contribution in [0, 0.1) is 0 Å². The fourth-order valence-corrected chi connectivity index (χ4v) is 3.79. The van der Waals surface area contributed by atoms with E-state index in [2.05, 4.69) is 4.72 Å². The smallest absolute Gasteiger partial charge is 0.195 e. The Morgan fingerprint density at radius 2 is 1.94 bits per heavy atom. The summed E-state index contributed by atoms with van der Waals surface area (Å²) in [6.45, 7) is 4.36. The van der Waals surface area contributed by atoms with Gasteiger partial charge in [0, 0.05) is 18.6 Å². The van der Waals surface area contributed by atoms with E-state index in [1.54, 1.807) is 0 Å². The average Bonchev–Trinajstić information content (AvgIpc) is 2.28. The highest BCUT2D eigenvalue weighted by atomic mass is 32.2. The molecule has 1 atom stereocenters. The van der Waals surface area contributed by atoms with E-state index in [9.17, 15) is 8.42 Å². The predicted octanol–water partition coefficient (Wildman–Crippen LogP) is 1.68. The van der Waals surface area contributed by atoms with Crippen molar-refractivity contribution in [2.24, 2.45) is 0 Å². The SMILES string of the molecule is CC(C)N1CC[C@H](c2ccccc2)NS1(=O)=O. The summed E-state index contributed by atoms with van der Waals surface area (Å²) >= 11 is 0. The Morgan fingerprint density at radius 1 is 1.29 bits per heavy atom. The van der Waals surface area contributed by atoms with Crippen LogP contribution >= 0.6 is 0 Å². The minimum absolute atomic E-state index is 0.00391. The second-order valence-corrected chi connectivity index (χ2v) is 6.23. The molecule has 17 heavy (non-hydrogen) atoms. The molecule has 5 heteroatoms. The molecular formula is C12H18N2O2S. The average molecular weight is 254 g/mol. The van der Waals surface area contributed by atoms with E-state index in [0.717, 1.165) is 12.0 Å². The fourth-order valence-electron chi connectivity index (χ4n) is 2.14. The number of rotatable bonds is 2. The van der Waals surface area contributed by atoms with E-state index in [1.165, 1.54) is 4.31 Å². The first kappa shape index (κ1) is 12.5. The molecule has 0 aromatic heterocycles. The number of nitrogens with one attached hydrogen (secondary N) is 1. The number of nitrogens with zero attached hydrogens (tertiary/aromatic N) is 1. The third-order valence-electron chi connectivity index (χ3n) is 3.02. The maximum absolute atomic E-state index is 12.0. The lowest BCUT2D eigenvalue weighted by molar-refractivity contribution is 0.301. The third-order valence-corrected chi connectivity index (χ3v) is 4.82. The molecule has 0 aliphatic carbocycles. The Labute approximate surface area is 103 Å². The fraction of sp³-hybridized carbons (Fsp3) is 0.500. The Balaban J connectivity index is 2.19. The van der Waals surface area contributed by atoms with Crippen LogP contribution in [0.3, 0.4) is 0 Å². The highest BCUT2D eigenvalue weighted by Gasteiger charge is 2.33. The van der Waals surface area contributed by atoms with E-state index in [0.29, 0.717) is 6.54 Å². The Kier molecular flexibility index (Phi) is 3.51. The topological polar surface area (TPSA) is 49.4 Å². The molecule has 1 aliphatic rings.